The first kappa shape index (κ1) is 19.5. The van der Waals surface area contributed by atoms with Crippen LogP contribution in [0.1, 0.15) is 58.9 Å². The van der Waals surface area contributed by atoms with Crippen molar-refractivity contribution >= 4 is 11.9 Å². The number of carboxylic acid groups (broad SMARTS) is 1. The van der Waals surface area contributed by atoms with Crippen LogP contribution in [0.15, 0.2) is 24.4 Å². The van der Waals surface area contributed by atoms with Gasteiger partial charge in [-0.15, -0.1) is 0 Å². The molecular weight excluding hydrogens is 370 g/mol. The fourth-order valence-electron chi connectivity index (χ4n) is 4.40. The molecule has 0 bridgehead atoms. The molecule has 0 spiro atoms. The number of carbonyl (C=O) groups excluding carboxylic acids is 1. The highest BCUT2D eigenvalue weighted by atomic mass is 16.5. The first-order chi connectivity index (χ1) is 14.0. The molecule has 7 nitrogen and oxygen atoms in total. The number of carboxylic acids is 1. The zero-order valence-electron chi connectivity index (χ0n) is 16.8. The molecule has 1 N–H and O–H groups in total. The maximum absolute atomic E-state index is 12.6. The minimum Gasteiger partial charge on any atom is -0.484 e. The summed E-state index contributed by atoms with van der Waals surface area (Å²) in [4.78, 5) is 25.6. The van der Waals surface area contributed by atoms with E-state index in [1.54, 1.807) is 11.6 Å². The number of piperidine rings is 1. The minimum absolute atomic E-state index is 0.00965. The highest BCUT2D eigenvalue weighted by Crippen LogP contribution is 2.26. The number of fused-ring (bicyclic) bond motifs is 1. The van der Waals surface area contributed by atoms with Crippen LogP contribution >= 0.6 is 0 Å². The fraction of sp³-hybridized carbons (Fsp3) is 0.500. The van der Waals surface area contributed by atoms with Crippen molar-refractivity contribution in [3.8, 4) is 5.75 Å². The Hall–Kier alpha value is -2.83. The second-order valence-electron chi connectivity index (χ2n) is 7.93. The number of aromatic nitrogens is 2. The maximum atomic E-state index is 12.6. The number of benzene rings is 1. The predicted molar refractivity (Wildman–Crippen MR) is 107 cm³/mol. The van der Waals surface area contributed by atoms with E-state index in [-0.39, 0.29) is 24.1 Å². The zero-order valence-corrected chi connectivity index (χ0v) is 16.8. The van der Waals surface area contributed by atoms with E-state index < -0.39 is 5.97 Å². The number of hydrogen-bond acceptors (Lipinski definition) is 4. The summed E-state index contributed by atoms with van der Waals surface area (Å²) >= 11 is 0. The van der Waals surface area contributed by atoms with Gasteiger partial charge in [-0.2, -0.15) is 5.10 Å². The molecule has 4 rings (SSSR count). The number of hydrogen-bond donors (Lipinski definition) is 1. The van der Waals surface area contributed by atoms with Crippen LogP contribution in [-0.2, 0) is 17.6 Å². The normalized spacial score (nSPS) is 17.1. The quantitative estimate of drug-likeness (QED) is 0.838. The molecule has 2 aromatic rings. The van der Waals surface area contributed by atoms with Crippen LogP contribution in [-0.4, -0.2) is 51.4 Å². The molecule has 1 aromatic carbocycles. The molecule has 154 valence electrons. The van der Waals surface area contributed by atoms with Gasteiger partial charge in [0, 0.05) is 13.1 Å². The van der Waals surface area contributed by atoms with Crippen molar-refractivity contribution < 1.29 is 19.4 Å². The third-order valence-corrected chi connectivity index (χ3v) is 6.12. The van der Waals surface area contributed by atoms with Crippen molar-refractivity contribution in [2.75, 3.05) is 19.7 Å². The molecule has 0 unspecified atom stereocenters. The van der Waals surface area contributed by atoms with Gasteiger partial charge in [0.1, 0.15) is 11.3 Å². The molecule has 1 aliphatic heterocycles. The van der Waals surface area contributed by atoms with Gasteiger partial charge in [0.05, 0.1) is 17.9 Å². The van der Waals surface area contributed by atoms with E-state index in [0.717, 1.165) is 31.4 Å². The lowest BCUT2D eigenvalue weighted by molar-refractivity contribution is -0.134. The Bertz CT molecular complexity index is 913. The first-order valence-electron chi connectivity index (χ1n) is 10.3. The molecule has 1 fully saturated rings. The van der Waals surface area contributed by atoms with E-state index in [1.807, 2.05) is 11.0 Å². The Kier molecular flexibility index (Phi) is 5.56. The molecule has 1 saturated heterocycles. The van der Waals surface area contributed by atoms with Crippen LogP contribution < -0.4 is 4.74 Å². The summed E-state index contributed by atoms with van der Waals surface area (Å²) in [5.74, 6) is -0.201. The number of aromatic carboxylic acids is 1. The summed E-state index contributed by atoms with van der Waals surface area (Å²) in [5, 5.41) is 13.4. The summed E-state index contributed by atoms with van der Waals surface area (Å²) < 4.78 is 7.56. The number of rotatable bonds is 5. The van der Waals surface area contributed by atoms with Gasteiger partial charge in [0.15, 0.2) is 6.61 Å². The monoisotopic (exact) mass is 397 g/mol. The minimum atomic E-state index is -0.958. The van der Waals surface area contributed by atoms with E-state index in [1.165, 1.54) is 30.2 Å². The van der Waals surface area contributed by atoms with Crippen LogP contribution in [0.25, 0.3) is 0 Å². The summed E-state index contributed by atoms with van der Waals surface area (Å²) in [6, 6.07) is 6.28. The topological polar surface area (TPSA) is 84.7 Å². The van der Waals surface area contributed by atoms with E-state index in [2.05, 4.69) is 17.2 Å². The fourth-order valence-corrected chi connectivity index (χ4v) is 4.40. The number of nitrogens with zero attached hydrogens (tertiary/aromatic N) is 3. The highest BCUT2D eigenvalue weighted by molar-refractivity contribution is 5.88. The van der Waals surface area contributed by atoms with Crippen LogP contribution in [0.3, 0.4) is 0 Å². The van der Waals surface area contributed by atoms with Crippen molar-refractivity contribution in [3.63, 3.8) is 0 Å². The standard InChI is InChI=1S/C22H27N3O4/c1-15-20(22(27)28)13-23-25(15)18-8-10-24(11-9-18)21(26)14-29-19-7-6-16-4-2-3-5-17(16)12-19/h6-7,12-13,18H,2-5,8-11,14H2,1H3,(H,27,28). The van der Waals surface area contributed by atoms with E-state index in [9.17, 15) is 14.7 Å². The molecule has 29 heavy (non-hydrogen) atoms. The molecule has 1 amide bonds. The third-order valence-electron chi connectivity index (χ3n) is 6.12. The average molecular weight is 397 g/mol. The summed E-state index contributed by atoms with van der Waals surface area (Å²) in [6.07, 6.45) is 7.60. The number of ether oxygens (including phenoxy) is 1. The summed E-state index contributed by atoms with van der Waals surface area (Å²) in [7, 11) is 0. The zero-order chi connectivity index (χ0) is 20.4. The molecule has 0 saturated carbocycles. The molecule has 1 aromatic heterocycles. The molecule has 2 heterocycles. The van der Waals surface area contributed by atoms with Gasteiger partial charge in [0.25, 0.3) is 5.91 Å². The molecule has 2 aliphatic rings. The number of carbonyl (C=O) groups is 2. The smallest absolute Gasteiger partial charge is 0.339 e. The van der Waals surface area contributed by atoms with Gasteiger partial charge < -0.3 is 14.7 Å². The first-order valence-corrected chi connectivity index (χ1v) is 10.3. The summed E-state index contributed by atoms with van der Waals surface area (Å²) in [6.45, 7) is 3.07. The highest BCUT2D eigenvalue weighted by Gasteiger charge is 2.26. The third kappa shape index (κ3) is 4.13. The molecule has 0 atom stereocenters. The van der Waals surface area contributed by atoms with Gasteiger partial charge in [-0.05, 0) is 68.7 Å². The lowest BCUT2D eigenvalue weighted by Gasteiger charge is -2.32. The van der Waals surface area contributed by atoms with E-state index >= 15 is 0 Å². The van der Waals surface area contributed by atoms with Crippen LogP contribution in [0.5, 0.6) is 5.75 Å². The Morgan fingerprint density at radius 2 is 1.90 bits per heavy atom. The number of aryl methyl sites for hydroxylation is 2. The van der Waals surface area contributed by atoms with Crippen molar-refractivity contribution in [3.05, 3.63) is 46.8 Å². The molecule has 7 heteroatoms. The average Bonchev–Trinajstić information content (AvgIpc) is 3.13. The maximum Gasteiger partial charge on any atom is 0.339 e. The number of likely N-dealkylation sites (tertiary alicyclic amines) is 1. The molecular formula is C22H27N3O4. The predicted octanol–water partition coefficient (Wildman–Crippen LogP) is 3.01. The second-order valence-corrected chi connectivity index (χ2v) is 7.93. The summed E-state index contributed by atoms with van der Waals surface area (Å²) in [5.41, 5.74) is 3.65. The largest absolute Gasteiger partial charge is 0.484 e. The van der Waals surface area contributed by atoms with Crippen LogP contribution in [0.4, 0.5) is 0 Å². The lowest BCUT2D eigenvalue weighted by Crippen LogP contribution is -2.41. The molecule has 1 aliphatic carbocycles. The van der Waals surface area contributed by atoms with Crippen LogP contribution in [0, 0.1) is 6.92 Å². The second kappa shape index (κ2) is 8.27. The van der Waals surface area contributed by atoms with E-state index in [4.69, 9.17) is 4.74 Å². The van der Waals surface area contributed by atoms with Crippen molar-refractivity contribution in [2.24, 2.45) is 0 Å². The Morgan fingerprint density at radius 1 is 1.17 bits per heavy atom. The lowest BCUT2D eigenvalue weighted by atomic mass is 9.92. The van der Waals surface area contributed by atoms with Crippen molar-refractivity contribution in [1.29, 1.82) is 0 Å². The van der Waals surface area contributed by atoms with Crippen molar-refractivity contribution in [1.82, 2.24) is 14.7 Å². The van der Waals surface area contributed by atoms with Gasteiger partial charge in [-0.1, -0.05) is 6.07 Å². The van der Waals surface area contributed by atoms with Gasteiger partial charge in [0.2, 0.25) is 0 Å². The van der Waals surface area contributed by atoms with Crippen molar-refractivity contribution in [2.45, 2.75) is 51.5 Å². The van der Waals surface area contributed by atoms with E-state index in [0.29, 0.717) is 18.8 Å². The number of amides is 1. The van der Waals surface area contributed by atoms with Gasteiger partial charge in [-0.3, -0.25) is 9.48 Å². The Labute approximate surface area is 170 Å². The Balaban J connectivity index is 1.30. The molecule has 0 radical (unpaired) electrons. The van der Waals surface area contributed by atoms with Gasteiger partial charge in [-0.25, -0.2) is 4.79 Å². The Morgan fingerprint density at radius 3 is 2.59 bits per heavy atom. The SMILES string of the molecule is Cc1c(C(=O)O)cnn1C1CCN(C(=O)COc2ccc3c(c2)CCCC3)CC1. The van der Waals surface area contributed by atoms with Crippen LogP contribution in [0.2, 0.25) is 0 Å². The van der Waals surface area contributed by atoms with Gasteiger partial charge >= 0.3 is 5.97 Å².